The number of hydrogen-bond acceptors (Lipinski definition) is 4. The van der Waals surface area contributed by atoms with Gasteiger partial charge in [0.2, 0.25) is 0 Å². The highest BCUT2D eigenvalue weighted by Crippen LogP contribution is 2.22. The quantitative estimate of drug-likeness (QED) is 0.797. The van der Waals surface area contributed by atoms with Crippen molar-refractivity contribution in [1.29, 1.82) is 0 Å². The Balaban J connectivity index is 2.09. The van der Waals surface area contributed by atoms with E-state index in [1.54, 1.807) is 12.7 Å². The maximum Gasteiger partial charge on any atom is 0.170 e. The van der Waals surface area contributed by atoms with Gasteiger partial charge in [-0.05, 0) is 38.0 Å². The van der Waals surface area contributed by atoms with Crippen molar-refractivity contribution in [3.05, 3.63) is 42.5 Å². The maximum absolute atomic E-state index is 4.49. The van der Waals surface area contributed by atoms with Crippen LogP contribution in [0, 0.1) is 6.92 Å². The van der Waals surface area contributed by atoms with Crippen LogP contribution in [0.15, 0.2) is 36.9 Å². The van der Waals surface area contributed by atoms with Crippen LogP contribution in [-0.4, -0.2) is 25.6 Å². The summed E-state index contributed by atoms with van der Waals surface area (Å²) in [5.41, 5.74) is 3.90. The highest BCUT2D eigenvalue weighted by Gasteiger charge is 2.12. The molecule has 1 unspecified atom stereocenters. The number of anilines is 1. The first kappa shape index (κ1) is 13.5. The summed E-state index contributed by atoms with van der Waals surface area (Å²) in [6.07, 6.45) is 4.42. The van der Waals surface area contributed by atoms with Crippen LogP contribution in [0.3, 0.4) is 0 Å². The normalized spacial score (nSPS) is 12.5. The highest BCUT2D eigenvalue weighted by molar-refractivity contribution is 5.84. The Hall–Kier alpha value is -2.43. The Kier molecular flexibility index (Phi) is 3.56. The molecule has 0 spiro atoms. The van der Waals surface area contributed by atoms with E-state index in [1.807, 2.05) is 10.6 Å². The van der Waals surface area contributed by atoms with Gasteiger partial charge in [0.25, 0.3) is 0 Å². The first-order valence-corrected chi connectivity index (χ1v) is 7.20. The van der Waals surface area contributed by atoms with Gasteiger partial charge in [0, 0.05) is 11.7 Å². The van der Waals surface area contributed by atoms with Crippen LogP contribution < -0.4 is 5.32 Å². The molecule has 1 N–H and O–H groups in total. The monoisotopic (exact) mass is 281 g/mol. The van der Waals surface area contributed by atoms with Crippen LogP contribution in [0.25, 0.3) is 16.9 Å². The summed E-state index contributed by atoms with van der Waals surface area (Å²) in [4.78, 5) is 13.2. The predicted molar refractivity (Wildman–Crippen MR) is 84.8 cm³/mol. The maximum atomic E-state index is 4.49. The number of imidazole rings is 1. The summed E-state index contributed by atoms with van der Waals surface area (Å²) in [5, 5.41) is 3.38. The molecule has 5 heteroatoms. The van der Waals surface area contributed by atoms with Crippen molar-refractivity contribution in [2.75, 3.05) is 5.32 Å². The average Bonchev–Trinajstić information content (AvgIpc) is 2.92. The number of hydrogen-bond donors (Lipinski definition) is 1. The molecule has 2 heterocycles. The molecule has 2 aromatic heterocycles. The Labute approximate surface area is 124 Å². The number of nitrogens with one attached hydrogen (secondary N) is 1. The molecule has 1 atom stereocenters. The molecule has 0 saturated heterocycles. The van der Waals surface area contributed by atoms with E-state index in [4.69, 9.17) is 0 Å². The van der Waals surface area contributed by atoms with Gasteiger partial charge in [-0.25, -0.2) is 15.0 Å². The molecular formula is C16H19N5. The summed E-state index contributed by atoms with van der Waals surface area (Å²) in [6.45, 7) is 6.35. The van der Waals surface area contributed by atoms with Gasteiger partial charge >= 0.3 is 0 Å². The van der Waals surface area contributed by atoms with Crippen LogP contribution in [-0.2, 0) is 0 Å². The van der Waals surface area contributed by atoms with E-state index >= 15 is 0 Å². The van der Waals surface area contributed by atoms with Gasteiger partial charge < -0.3 is 5.32 Å². The lowest BCUT2D eigenvalue weighted by molar-refractivity contribution is 0.760. The zero-order valence-corrected chi connectivity index (χ0v) is 12.5. The Morgan fingerprint density at radius 1 is 1.24 bits per heavy atom. The van der Waals surface area contributed by atoms with E-state index in [2.05, 4.69) is 59.2 Å². The number of aryl methyl sites for hydroxylation is 1. The molecule has 0 fully saturated rings. The molecule has 0 radical (unpaired) electrons. The number of rotatable bonds is 4. The van der Waals surface area contributed by atoms with Gasteiger partial charge in [0.05, 0.1) is 0 Å². The Morgan fingerprint density at radius 2 is 2.10 bits per heavy atom. The van der Waals surface area contributed by atoms with Gasteiger partial charge in [-0.15, -0.1) is 0 Å². The van der Waals surface area contributed by atoms with Crippen molar-refractivity contribution in [3.63, 3.8) is 0 Å². The van der Waals surface area contributed by atoms with Crippen molar-refractivity contribution in [1.82, 2.24) is 19.5 Å². The molecule has 0 aliphatic carbocycles. The van der Waals surface area contributed by atoms with Crippen molar-refractivity contribution in [2.45, 2.75) is 33.2 Å². The van der Waals surface area contributed by atoms with Gasteiger partial charge in [-0.1, -0.05) is 19.1 Å². The molecule has 5 nitrogen and oxygen atoms in total. The fourth-order valence-electron chi connectivity index (χ4n) is 2.24. The summed E-state index contributed by atoms with van der Waals surface area (Å²) in [7, 11) is 0. The molecule has 1 aromatic carbocycles. The minimum Gasteiger partial charge on any atom is -0.366 e. The SMILES string of the molecule is CCC(C)Nc1ncnc2c1ncn2-c1cccc(C)c1. The van der Waals surface area contributed by atoms with Crippen LogP contribution in [0.5, 0.6) is 0 Å². The van der Waals surface area contributed by atoms with Gasteiger partial charge in [-0.2, -0.15) is 0 Å². The van der Waals surface area contributed by atoms with Crippen LogP contribution >= 0.6 is 0 Å². The van der Waals surface area contributed by atoms with E-state index in [0.717, 1.165) is 29.1 Å². The smallest absolute Gasteiger partial charge is 0.170 e. The van der Waals surface area contributed by atoms with Gasteiger partial charge in [-0.3, -0.25) is 4.57 Å². The third-order valence-electron chi connectivity index (χ3n) is 3.61. The van der Waals surface area contributed by atoms with E-state index in [9.17, 15) is 0 Å². The summed E-state index contributed by atoms with van der Waals surface area (Å²) >= 11 is 0. The lowest BCUT2D eigenvalue weighted by Crippen LogP contribution is -2.15. The van der Waals surface area contributed by atoms with Gasteiger partial charge in [0.15, 0.2) is 17.0 Å². The summed E-state index contributed by atoms with van der Waals surface area (Å²) in [5.74, 6) is 0.792. The minimum absolute atomic E-state index is 0.354. The zero-order chi connectivity index (χ0) is 14.8. The number of fused-ring (bicyclic) bond motifs is 1. The molecular weight excluding hydrogens is 262 g/mol. The van der Waals surface area contributed by atoms with E-state index in [1.165, 1.54) is 5.56 Å². The fourth-order valence-corrected chi connectivity index (χ4v) is 2.24. The summed E-state index contributed by atoms with van der Waals surface area (Å²) in [6, 6.07) is 8.64. The number of nitrogens with zero attached hydrogens (tertiary/aromatic N) is 4. The first-order chi connectivity index (χ1) is 10.2. The largest absolute Gasteiger partial charge is 0.366 e. The minimum atomic E-state index is 0.354. The third kappa shape index (κ3) is 2.59. The fraction of sp³-hybridized carbons (Fsp3) is 0.312. The molecule has 0 aliphatic rings. The second-order valence-electron chi connectivity index (χ2n) is 5.30. The molecule has 0 amide bonds. The Morgan fingerprint density at radius 3 is 2.86 bits per heavy atom. The molecule has 0 saturated carbocycles. The topological polar surface area (TPSA) is 55.6 Å². The zero-order valence-electron chi connectivity index (χ0n) is 12.5. The molecule has 3 rings (SSSR count). The van der Waals surface area contributed by atoms with Crippen molar-refractivity contribution < 1.29 is 0 Å². The van der Waals surface area contributed by atoms with Gasteiger partial charge in [0.1, 0.15) is 12.7 Å². The molecule has 0 aliphatic heterocycles. The lowest BCUT2D eigenvalue weighted by atomic mass is 10.2. The average molecular weight is 281 g/mol. The second-order valence-corrected chi connectivity index (χ2v) is 5.30. The molecule has 3 aromatic rings. The van der Waals surface area contributed by atoms with Crippen LogP contribution in [0.2, 0.25) is 0 Å². The Bertz CT molecular complexity index is 762. The number of benzene rings is 1. The number of aromatic nitrogens is 4. The van der Waals surface area contributed by atoms with Crippen LogP contribution in [0.1, 0.15) is 25.8 Å². The molecule has 21 heavy (non-hydrogen) atoms. The highest BCUT2D eigenvalue weighted by atomic mass is 15.1. The molecule has 108 valence electrons. The second kappa shape index (κ2) is 5.52. The van der Waals surface area contributed by atoms with Crippen LogP contribution in [0.4, 0.5) is 5.82 Å². The summed E-state index contributed by atoms with van der Waals surface area (Å²) < 4.78 is 1.99. The first-order valence-electron chi connectivity index (χ1n) is 7.20. The van der Waals surface area contributed by atoms with E-state index in [-0.39, 0.29) is 0 Å². The standard InChI is InChI=1S/C16H19N5/c1-4-12(3)20-15-14-16(18-9-17-15)21(10-19-14)13-7-5-6-11(2)8-13/h5-10,12H,4H2,1-3H3,(H,17,18,20). The molecule has 0 bridgehead atoms. The predicted octanol–water partition coefficient (Wildman–Crippen LogP) is 3.33. The van der Waals surface area contributed by atoms with E-state index < -0.39 is 0 Å². The third-order valence-corrected chi connectivity index (χ3v) is 3.61. The lowest BCUT2D eigenvalue weighted by Gasteiger charge is -2.12. The van der Waals surface area contributed by atoms with Crippen molar-refractivity contribution in [3.8, 4) is 5.69 Å². The van der Waals surface area contributed by atoms with Crippen molar-refractivity contribution >= 4 is 17.0 Å². The van der Waals surface area contributed by atoms with Crippen molar-refractivity contribution in [2.24, 2.45) is 0 Å². The van der Waals surface area contributed by atoms with E-state index in [0.29, 0.717) is 6.04 Å².